The van der Waals surface area contributed by atoms with E-state index in [1.165, 1.54) is 16.8 Å². The van der Waals surface area contributed by atoms with Gasteiger partial charge in [-0.05, 0) is 36.1 Å². The number of carbonyl (C=O) groups is 1. The van der Waals surface area contributed by atoms with Crippen molar-refractivity contribution in [3.8, 4) is 0 Å². The number of amides is 1. The monoisotopic (exact) mass is 346 g/mol. The number of likely N-dealkylation sites (tertiary alicyclic amines) is 1. The van der Waals surface area contributed by atoms with Gasteiger partial charge in [-0.2, -0.15) is 5.10 Å². The number of hydrogen-bond donors (Lipinski definition) is 1. The summed E-state index contributed by atoms with van der Waals surface area (Å²) >= 11 is 0. The van der Waals surface area contributed by atoms with Crippen LogP contribution in [-0.4, -0.2) is 39.1 Å². The minimum atomic E-state index is 0.0747. The molecule has 1 aromatic carbocycles. The summed E-state index contributed by atoms with van der Waals surface area (Å²) in [7, 11) is 0. The highest BCUT2D eigenvalue weighted by atomic mass is 16.2. The number of aromatic amines is 1. The lowest BCUT2D eigenvalue weighted by molar-refractivity contribution is 0.0711. The molecule has 1 aliphatic heterocycles. The molecule has 1 saturated heterocycles. The lowest BCUT2D eigenvalue weighted by atomic mass is 9.89. The van der Waals surface area contributed by atoms with E-state index in [1.54, 1.807) is 18.5 Å². The second kappa shape index (κ2) is 7.52. The van der Waals surface area contributed by atoms with Gasteiger partial charge in [0, 0.05) is 43.5 Å². The van der Waals surface area contributed by atoms with Gasteiger partial charge in [0.25, 0.3) is 5.91 Å². The van der Waals surface area contributed by atoms with Crippen LogP contribution in [0.1, 0.15) is 45.9 Å². The molecule has 0 spiro atoms. The molecule has 0 aliphatic carbocycles. The van der Waals surface area contributed by atoms with Gasteiger partial charge in [0.15, 0.2) is 0 Å². The quantitative estimate of drug-likeness (QED) is 0.787. The number of nitrogens with zero attached hydrogens (tertiary/aromatic N) is 3. The first kappa shape index (κ1) is 16.5. The Balaban J connectivity index is 1.41. The fourth-order valence-corrected chi connectivity index (χ4v) is 3.67. The summed E-state index contributed by atoms with van der Waals surface area (Å²) in [4.78, 5) is 18.5. The van der Waals surface area contributed by atoms with E-state index in [1.807, 2.05) is 23.2 Å². The number of hydrogen-bond acceptors (Lipinski definition) is 3. The zero-order valence-corrected chi connectivity index (χ0v) is 14.6. The van der Waals surface area contributed by atoms with Crippen LogP contribution >= 0.6 is 0 Å². The Morgan fingerprint density at radius 1 is 1.08 bits per heavy atom. The topological polar surface area (TPSA) is 61.9 Å². The van der Waals surface area contributed by atoms with Crippen molar-refractivity contribution in [1.29, 1.82) is 0 Å². The molecule has 1 fully saturated rings. The molecule has 5 heteroatoms. The Labute approximate surface area is 153 Å². The van der Waals surface area contributed by atoms with Crippen LogP contribution in [0, 0.1) is 0 Å². The summed E-state index contributed by atoms with van der Waals surface area (Å²) in [6.07, 6.45) is 8.07. The van der Waals surface area contributed by atoms with E-state index >= 15 is 0 Å². The lowest BCUT2D eigenvalue weighted by Gasteiger charge is -2.32. The van der Waals surface area contributed by atoms with Crippen LogP contribution in [0.3, 0.4) is 0 Å². The summed E-state index contributed by atoms with van der Waals surface area (Å²) in [5.41, 5.74) is 4.44. The third kappa shape index (κ3) is 3.52. The van der Waals surface area contributed by atoms with Crippen molar-refractivity contribution < 1.29 is 4.79 Å². The van der Waals surface area contributed by atoms with Crippen molar-refractivity contribution >= 4 is 5.91 Å². The number of piperidine rings is 1. The Morgan fingerprint density at radius 3 is 2.62 bits per heavy atom. The van der Waals surface area contributed by atoms with Crippen LogP contribution < -0.4 is 0 Å². The molecule has 0 radical (unpaired) electrons. The predicted octanol–water partition coefficient (Wildman–Crippen LogP) is 3.42. The second-order valence-electron chi connectivity index (χ2n) is 6.78. The number of carbonyl (C=O) groups excluding carboxylic acids is 1. The highest BCUT2D eigenvalue weighted by Crippen LogP contribution is 2.30. The van der Waals surface area contributed by atoms with Crippen LogP contribution in [0.5, 0.6) is 0 Å². The SMILES string of the molecule is O=C(c1cccnc1)N1CCC(c2[nH]ncc2Cc2ccccc2)CC1. The molecule has 0 bridgehead atoms. The van der Waals surface area contributed by atoms with Crippen LogP contribution in [0.2, 0.25) is 0 Å². The smallest absolute Gasteiger partial charge is 0.255 e. The molecule has 26 heavy (non-hydrogen) atoms. The van der Waals surface area contributed by atoms with E-state index in [2.05, 4.69) is 39.4 Å². The van der Waals surface area contributed by atoms with Gasteiger partial charge in [-0.15, -0.1) is 0 Å². The van der Waals surface area contributed by atoms with Crippen molar-refractivity contribution in [3.63, 3.8) is 0 Å². The molecule has 5 nitrogen and oxygen atoms in total. The van der Waals surface area contributed by atoms with Gasteiger partial charge < -0.3 is 4.90 Å². The molecule has 4 rings (SSSR count). The average molecular weight is 346 g/mol. The highest BCUT2D eigenvalue weighted by molar-refractivity contribution is 5.93. The van der Waals surface area contributed by atoms with Crippen LogP contribution in [0.25, 0.3) is 0 Å². The van der Waals surface area contributed by atoms with E-state index in [-0.39, 0.29) is 5.91 Å². The number of pyridine rings is 1. The molecular formula is C21H22N4O. The van der Waals surface area contributed by atoms with Crippen molar-refractivity contribution in [3.05, 3.63) is 83.4 Å². The van der Waals surface area contributed by atoms with Gasteiger partial charge in [-0.1, -0.05) is 30.3 Å². The molecule has 0 unspecified atom stereocenters. The minimum Gasteiger partial charge on any atom is -0.339 e. The highest BCUT2D eigenvalue weighted by Gasteiger charge is 2.26. The minimum absolute atomic E-state index is 0.0747. The second-order valence-corrected chi connectivity index (χ2v) is 6.78. The predicted molar refractivity (Wildman–Crippen MR) is 100.0 cm³/mol. The zero-order valence-electron chi connectivity index (χ0n) is 14.6. The first-order chi connectivity index (χ1) is 12.8. The summed E-state index contributed by atoms with van der Waals surface area (Å²) in [6.45, 7) is 1.53. The molecular weight excluding hydrogens is 324 g/mol. The van der Waals surface area contributed by atoms with Crippen molar-refractivity contribution in [2.24, 2.45) is 0 Å². The van der Waals surface area contributed by atoms with Gasteiger partial charge in [0.1, 0.15) is 0 Å². The van der Waals surface area contributed by atoms with Crippen LogP contribution in [0.15, 0.2) is 61.1 Å². The summed E-state index contributed by atoms with van der Waals surface area (Å²) < 4.78 is 0. The maximum Gasteiger partial charge on any atom is 0.255 e. The van der Waals surface area contributed by atoms with Crippen LogP contribution in [0.4, 0.5) is 0 Å². The van der Waals surface area contributed by atoms with Gasteiger partial charge >= 0.3 is 0 Å². The van der Waals surface area contributed by atoms with Gasteiger partial charge in [0.05, 0.1) is 11.8 Å². The third-order valence-corrected chi connectivity index (χ3v) is 5.09. The number of aromatic nitrogens is 3. The van der Waals surface area contributed by atoms with E-state index < -0.39 is 0 Å². The summed E-state index contributed by atoms with van der Waals surface area (Å²) in [5, 5.41) is 7.49. The largest absolute Gasteiger partial charge is 0.339 e. The molecule has 1 amide bonds. The van der Waals surface area contributed by atoms with Gasteiger partial charge in [0.2, 0.25) is 0 Å². The van der Waals surface area contributed by atoms with Crippen LogP contribution in [-0.2, 0) is 6.42 Å². The van der Waals surface area contributed by atoms with E-state index in [0.29, 0.717) is 11.5 Å². The molecule has 0 saturated carbocycles. The number of rotatable bonds is 4. The third-order valence-electron chi connectivity index (χ3n) is 5.09. The number of benzene rings is 1. The van der Waals surface area contributed by atoms with Crippen molar-refractivity contribution in [2.45, 2.75) is 25.2 Å². The fraction of sp³-hybridized carbons (Fsp3) is 0.286. The lowest BCUT2D eigenvalue weighted by Crippen LogP contribution is -2.38. The zero-order chi connectivity index (χ0) is 17.8. The summed E-state index contributed by atoms with van der Waals surface area (Å²) in [6, 6.07) is 14.1. The molecule has 1 N–H and O–H groups in total. The molecule has 3 heterocycles. The van der Waals surface area contributed by atoms with E-state index in [0.717, 1.165) is 32.4 Å². The molecule has 2 aromatic heterocycles. The Bertz CT molecular complexity index is 852. The Kier molecular flexibility index (Phi) is 4.78. The maximum absolute atomic E-state index is 12.6. The molecule has 1 aliphatic rings. The summed E-state index contributed by atoms with van der Waals surface area (Å²) in [5.74, 6) is 0.500. The first-order valence-electron chi connectivity index (χ1n) is 9.06. The van der Waals surface area contributed by atoms with E-state index in [4.69, 9.17) is 0 Å². The van der Waals surface area contributed by atoms with Crippen molar-refractivity contribution in [2.75, 3.05) is 13.1 Å². The standard InChI is InChI=1S/C21H22N4O/c26-21(18-7-4-10-22-14-18)25-11-8-17(9-12-25)20-19(15-23-24-20)13-16-5-2-1-3-6-16/h1-7,10,14-15,17H,8-9,11-13H2,(H,23,24). The molecule has 3 aromatic rings. The maximum atomic E-state index is 12.6. The van der Waals surface area contributed by atoms with Gasteiger partial charge in [-0.25, -0.2) is 0 Å². The van der Waals surface area contributed by atoms with Crippen molar-refractivity contribution in [1.82, 2.24) is 20.1 Å². The van der Waals surface area contributed by atoms with E-state index in [9.17, 15) is 4.79 Å². The molecule has 132 valence electrons. The Hall–Kier alpha value is -2.95. The first-order valence-corrected chi connectivity index (χ1v) is 9.06. The van der Waals surface area contributed by atoms with Gasteiger partial charge in [-0.3, -0.25) is 14.9 Å². The normalized spacial score (nSPS) is 15.2. The number of H-pyrrole nitrogens is 1. The Morgan fingerprint density at radius 2 is 1.88 bits per heavy atom. The number of nitrogens with one attached hydrogen (secondary N) is 1. The average Bonchev–Trinajstić information content (AvgIpc) is 3.17. The fourth-order valence-electron chi connectivity index (χ4n) is 3.67. The molecule has 0 atom stereocenters.